The molecule has 1 aromatic carbocycles. The number of aromatic nitrogens is 2. The number of fused-ring (bicyclic) bond motifs is 1. The van der Waals surface area contributed by atoms with Crippen LogP contribution in [-0.2, 0) is 10.2 Å². The molecule has 1 atom stereocenters. The number of nitrogens with zero attached hydrogens (tertiary/aromatic N) is 2. The van der Waals surface area contributed by atoms with Crippen molar-refractivity contribution in [3.63, 3.8) is 0 Å². The number of benzene rings is 1. The van der Waals surface area contributed by atoms with Crippen LogP contribution in [0.5, 0.6) is 0 Å². The highest BCUT2D eigenvalue weighted by Crippen LogP contribution is 2.34. The molecule has 0 amide bonds. The molecule has 0 spiro atoms. The third-order valence-electron chi connectivity index (χ3n) is 3.94. The second kappa shape index (κ2) is 7.15. The van der Waals surface area contributed by atoms with Crippen LogP contribution in [0.15, 0.2) is 35.1 Å². The zero-order valence-corrected chi connectivity index (χ0v) is 16.6. The van der Waals surface area contributed by atoms with Crippen molar-refractivity contribution in [2.24, 2.45) is 0 Å². The first-order valence-electron chi connectivity index (χ1n) is 7.60. The van der Waals surface area contributed by atoms with Gasteiger partial charge in [-0.1, -0.05) is 0 Å². The smallest absolute Gasteiger partial charge is 0.301 e. The monoisotopic (exact) mass is 460 g/mol. The van der Waals surface area contributed by atoms with Crippen LogP contribution in [-0.4, -0.2) is 41.9 Å². The zero-order valence-electron chi connectivity index (χ0n) is 14.2. The molecule has 0 aliphatic carbocycles. The molecule has 3 rings (SSSR count). The summed E-state index contributed by atoms with van der Waals surface area (Å²) in [6.07, 6.45) is 1.25. The summed E-state index contributed by atoms with van der Waals surface area (Å²) in [6.45, 7) is 0. The molecule has 0 radical (unpaired) electrons. The van der Waals surface area contributed by atoms with Crippen LogP contribution in [0.3, 0.4) is 0 Å². The van der Waals surface area contributed by atoms with Gasteiger partial charge in [0.15, 0.2) is 5.82 Å². The second-order valence-electron chi connectivity index (χ2n) is 5.91. The average molecular weight is 461 g/mol. The number of aromatic amines is 1. The number of aliphatic hydroxyl groups excluding tert-OH is 1. The Morgan fingerprint density at radius 3 is 2.70 bits per heavy atom. The van der Waals surface area contributed by atoms with Crippen molar-refractivity contribution in [1.29, 1.82) is 0 Å². The molecule has 2 aromatic heterocycles. The van der Waals surface area contributed by atoms with Gasteiger partial charge in [-0.2, -0.15) is 12.7 Å². The highest BCUT2D eigenvalue weighted by molar-refractivity contribution is 9.10. The summed E-state index contributed by atoms with van der Waals surface area (Å²) in [6, 6.07) is 3.49. The fourth-order valence-corrected chi connectivity index (χ4v) is 3.46. The second-order valence-corrected chi connectivity index (χ2v) is 8.71. The molecule has 0 aliphatic heterocycles. The van der Waals surface area contributed by atoms with Crippen molar-refractivity contribution in [1.82, 2.24) is 14.3 Å². The highest BCUT2D eigenvalue weighted by atomic mass is 79.9. The van der Waals surface area contributed by atoms with E-state index >= 15 is 0 Å². The predicted octanol–water partition coefficient (Wildman–Crippen LogP) is 2.90. The Kier molecular flexibility index (Phi) is 5.21. The molecule has 7 nitrogen and oxygen atoms in total. The fraction of sp³-hybridized carbons (Fsp3) is 0.188. The Labute approximate surface area is 162 Å². The topological polar surface area (TPSA) is 98.3 Å². The number of anilines is 1. The standard InChI is InChI=1S/C16H15BrF2N4O3S/c1-23(2)27(25,26)22-12-4-3-11(18)13(14(12)19)15(24)10-7-21-16-9(10)5-8(17)6-20-16/h3-7,15,22,24H,1-2H3,(H,20,21). The van der Waals surface area contributed by atoms with Crippen LogP contribution < -0.4 is 4.72 Å². The van der Waals surface area contributed by atoms with Gasteiger partial charge in [0.1, 0.15) is 17.6 Å². The molecule has 3 aromatic rings. The average Bonchev–Trinajstić information content (AvgIpc) is 3.00. The van der Waals surface area contributed by atoms with Gasteiger partial charge in [-0.25, -0.2) is 13.8 Å². The SMILES string of the molecule is CN(C)S(=O)(=O)Nc1ccc(F)c(C(O)c2c[nH]c3ncc(Br)cc23)c1F. The van der Waals surface area contributed by atoms with E-state index in [1.54, 1.807) is 6.07 Å². The van der Waals surface area contributed by atoms with E-state index < -0.39 is 39.2 Å². The lowest BCUT2D eigenvalue weighted by atomic mass is 10.00. The van der Waals surface area contributed by atoms with E-state index in [9.17, 15) is 22.3 Å². The number of hydrogen-bond acceptors (Lipinski definition) is 4. The quantitative estimate of drug-likeness (QED) is 0.545. The summed E-state index contributed by atoms with van der Waals surface area (Å²) in [5.74, 6) is -2.21. The van der Waals surface area contributed by atoms with Gasteiger partial charge in [0.2, 0.25) is 0 Å². The van der Waals surface area contributed by atoms with E-state index in [2.05, 4.69) is 25.9 Å². The number of halogens is 3. The number of H-pyrrole nitrogens is 1. The maximum absolute atomic E-state index is 14.9. The lowest BCUT2D eigenvalue weighted by Gasteiger charge is -2.18. The summed E-state index contributed by atoms with van der Waals surface area (Å²) in [4.78, 5) is 6.93. The maximum Gasteiger partial charge on any atom is 0.301 e. The predicted molar refractivity (Wildman–Crippen MR) is 100 cm³/mol. The van der Waals surface area contributed by atoms with Crippen molar-refractivity contribution in [3.05, 3.63) is 57.8 Å². The summed E-state index contributed by atoms with van der Waals surface area (Å²) in [5.41, 5.74) is -0.519. The minimum Gasteiger partial charge on any atom is -0.383 e. The highest BCUT2D eigenvalue weighted by Gasteiger charge is 2.26. The normalized spacial score (nSPS) is 13.3. The van der Waals surface area contributed by atoms with Crippen LogP contribution in [0, 0.1) is 11.6 Å². The largest absolute Gasteiger partial charge is 0.383 e. The number of pyridine rings is 1. The minimum absolute atomic E-state index is 0.198. The van der Waals surface area contributed by atoms with Crippen LogP contribution in [0.25, 0.3) is 11.0 Å². The lowest BCUT2D eigenvalue weighted by Crippen LogP contribution is -2.29. The van der Waals surface area contributed by atoms with Crippen molar-refractivity contribution in [3.8, 4) is 0 Å². The van der Waals surface area contributed by atoms with Gasteiger partial charge in [-0.3, -0.25) is 4.72 Å². The first-order chi connectivity index (χ1) is 12.6. The summed E-state index contributed by atoms with van der Waals surface area (Å²) < 4.78 is 56.5. The van der Waals surface area contributed by atoms with E-state index in [1.807, 2.05) is 4.72 Å². The third kappa shape index (κ3) is 3.68. The minimum atomic E-state index is -4.01. The van der Waals surface area contributed by atoms with Crippen LogP contribution >= 0.6 is 15.9 Å². The van der Waals surface area contributed by atoms with Crippen LogP contribution in [0.2, 0.25) is 0 Å². The summed E-state index contributed by atoms with van der Waals surface area (Å²) in [7, 11) is -1.49. The van der Waals surface area contributed by atoms with Gasteiger partial charge in [0.05, 0.1) is 11.3 Å². The third-order valence-corrected chi connectivity index (χ3v) is 5.82. The fourth-order valence-electron chi connectivity index (χ4n) is 2.51. The summed E-state index contributed by atoms with van der Waals surface area (Å²) >= 11 is 3.26. The van der Waals surface area contributed by atoms with Crippen molar-refractivity contribution < 1.29 is 22.3 Å². The van der Waals surface area contributed by atoms with E-state index in [4.69, 9.17) is 0 Å². The van der Waals surface area contributed by atoms with E-state index in [0.717, 1.165) is 16.4 Å². The Bertz CT molecular complexity index is 1120. The molecule has 0 saturated carbocycles. The Balaban J connectivity index is 2.10. The van der Waals surface area contributed by atoms with E-state index in [0.29, 0.717) is 15.5 Å². The van der Waals surface area contributed by atoms with Crippen LogP contribution in [0.1, 0.15) is 17.2 Å². The van der Waals surface area contributed by atoms with E-state index in [-0.39, 0.29) is 5.56 Å². The van der Waals surface area contributed by atoms with E-state index in [1.165, 1.54) is 26.5 Å². The lowest BCUT2D eigenvalue weighted by molar-refractivity contribution is 0.211. The Hall–Kier alpha value is -2.08. The van der Waals surface area contributed by atoms with Crippen molar-refractivity contribution >= 4 is 42.9 Å². The molecule has 144 valence electrons. The summed E-state index contributed by atoms with van der Waals surface area (Å²) in [5, 5.41) is 11.1. The number of aliphatic hydroxyl groups is 1. The molecule has 27 heavy (non-hydrogen) atoms. The molecule has 0 fully saturated rings. The van der Waals surface area contributed by atoms with Crippen molar-refractivity contribution in [2.45, 2.75) is 6.10 Å². The molecule has 0 bridgehead atoms. The maximum atomic E-state index is 14.9. The van der Waals surface area contributed by atoms with Gasteiger partial charge >= 0.3 is 10.2 Å². The Morgan fingerprint density at radius 2 is 2.04 bits per heavy atom. The van der Waals surface area contributed by atoms with Gasteiger partial charge < -0.3 is 10.1 Å². The molecular formula is C16H15BrF2N4O3S. The molecule has 1 unspecified atom stereocenters. The molecule has 0 aliphatic rings. The van der Waals surface area contributed by atoms with Gasteiger partial charge in [0, 0.05) is 41.9 Å². The molecule has 2 heterocycles. The first-order valence-corrected chi connectivity index (χ1v) is 9.84. The molecule has 0 saturated heterocycles. The van der Waals surface area contributed by atoms with Gasteiger partial charge in [0.25, 0.3) is 0 Å². The zero-order chi connectivity index (χ0) is 19.9. The van der Waals surface area contributed by atoms with Crippen LogP contribution in [0.4, 0.5) is 14.5 Å². The molecule has 3 N–H and O–H groups in total. The van der Waals surface area contributed by atoms with Crippen molar-refractivity contribution in [2.75, 3.05) is 18.8 Å². The van der Waals surface area contributed by atoms with Gasteiger partial charge in [-0.15, -0.1) is 0 Å². The van der Waals surface area contributed by atoms with Gasteiger partial charge in [-0.05, 0) is 34.1 Å². The Morgan fingerprint density at radius 1 is 1.33 bits per heavy atom. The number of hydrogen-bond donors (Lipinski definition) is 3. The first kappa shape index (κ1) is 19.7. The molecular weight excluding hydrogens is 446 g/mol. The number of rotatable bonds is 5. The molecule has 11 heteroatoms. The number of nitrogens with one attached hydrogen (secondary N) is 2.